The molecule has 0 atom stereocenters. The average molecular weight is 361 g/mol. The molecular weight excluding hydrogens is 346 g/mol. The Morgan fingerprint density at radius 2 is 1.96 bits per heavy atom. The molecule has 0 unspecified atom stereocenters. The highest BCUT2D eigenvalue weighted by Crippen LogP contribution is 2.25. The van der Waals surface area contributed by atoms with Gasteiger partial charge < -0.3 is 10.5 Å². The van der Waals surface area contributed by atoms with E-state index in [1.807, 2.05) is 17.5 Å². The van der Waals surface area contributed by atoms with E-state index >= 15 is 0 Å². The number of ether oxygens (including phenoxy) is 1. The van der Waals surface area contributed by atoms with Gasteiger partial charge in [0.25, 0.3) is 5.88 Å². The fraction of sp³-hybridized carbons (Fsp3) is 0.125. The van der Waals surface area contributed by atoms with Crippen molar-refractivity contribution in [3.8, 4) is 17.1 Å². The number of nitrogens with zero attached hydrogens (tertiary/aromatic N) is 2. The maximum atomic E-state index is 11.5. The van der Waals surface area contributed by atoms with Gasteiger partial charge in [0, 0.05) is 16.7 Å². The maximum absolute atomic E-state index is 11.5. The first-order valence-electron chi connectivity index (χ1n) is 7.01. The van der Waals surface area contributed by atoms with Gasteiger partial charge in [-0.3, -0.25) is 0 Å². The second-order valence-electron chi connectivity index (χ2n) is 5.11. The van der Waals surface area contributed by atoms with Gasteiger partial charge >= 0.3 is 0 Å². The van der Waals surface area contributed by atoms with Crippen LogP contribution >= 0.6 is 11.3 Å². The Balaban J connectivity index is 1.85. The Morgan fingerprint density at radius 1 is 1.21 bits per heavy atom. The van der Waals surface area contributed by atoms with Crippen LogP contribution in [0.3, 0.4) is 0 Å². The van der Waals surface area contributed by atoms with Crippen molar-refractivity contribution in [3.63, 3.8) is 0 Å². The molecule has 2 N–H and O–H groups in total. The molecule has 0 aliphatic rings. The summed E-state index contributed by atoms with van der Waals surface area (Å²) in [6, 6.07) is 10.3. The number of rotatable bonds is 5. The summed E-state index contributed by atoms with van der Waals surface area (Å²) in [6.07, 6.45) is 2.70. The lowest BCUT2D eigenvalue weighted by Crippen LogP contribution is -2.03. The van der Waals surface area contributed by atoms with Crippen molar-refractivity contribution in [2.45, 2.75) is 11.5 Å². The van der Waals surface area contributed by atoms with E-state index in [1.165, 1.54) is 24.6 Å². The minimum atomic E-state index is -3.23. The average Bonchev–Trinajstić information content (AvgIpc) is 3.07. The third kappa shape index (κ3) is 3.72. The number of benzene rings is 1. The van der Waals surface area contributed by atoms with Gasteiger partial charge in [0.1, 0.15) is 6.61 Å². The molecule has 2 aromatic heterocycles. The molecule has 0 aliphatic carbocycles. The highest BCUT2D eigenvalue weighted by Gasteiger charge is 2.11. The van der Waals surface area contributed by atoms with Gasteiger partial charge in [-0.2, -0.15) is 0 Å². The topological polar surface area (TPSA) is 95.2 Å². The van der Waals surface area contributed by atoms with Crippen molar-refractivity contribution in [2.24, 2.45) is 0 Å². The Bertz CT molecular complexity index is 937. The lowest BCUT2D eigenvalue weighted by atomic mass is 10.2. The summed E-state index contributed by atoms with van der Waals surface area (Å²) in [6.45, 7) is 0.368. The summed E-state index contributed by atoms with van der Waals surface area (Å²) in [4.78, 5) is 9.79. The standard InChI is InChI=1S/C16H15N3O3S2/c1-24(20,21)13-6-4-11(5-7-13)14-9-18-15(17)16(19-14)22-10-12-3-2-8-23-12/h2-9H,10H2,1H3,(H2,17,18). The Morgan fingerprint density at radius 3 is 2.58 bits per heavy atom. The van der Waals surface area contributed by atoms with Crippen molar-refractivity contribution in [2.75, 3.05) is 12.0 Å². The van der Waals surface area contributed by atoms with Gasteiger partial charge in [0.05, 0.1) is 16.8 Å². The minimum Gasteiger partial charge on any atom is -0.469 e. The molecule has 0 saturated heterocycles. The van der Waals surface area contributed by atoms with Gasteiger partial charge in [0.2, 0.25) is 0 Å². The summed E-state index contributed by atoms with van der Waals surface area (Å²) in [5, 5.41) is 1.97. The van der Waals surface area contributed by atoms with Crippen LogP contribution in [-0.2, 0) is 16.4 Å². The number of nitrogen functional groups attached to an aromatic ring is 1. The first-order valence-corrected chi connectivity index (χ1v) is 9.79. The zero-order chi connectivity index (χ0) is 17.2. The molecule has 1 aromatic carbocycles. The SMILES string of the molecule is CS(=O)(=O)c1ccc(-c2cnc(N)c(OCc3cccs3)n2)cc1. The molecule has 3 aromatic rings. The van der Waals surface area contributed by atoms with Crippen molar-refractivity contribution < 1.29 is 13.2 Å². The highest BCUT2D eigenvalue weighted by atomic mass is 32.2. The molecule has 8 heteroatoms. The first kappa shape index (κ1) is 16.4. The molecule has 2 heterocycles. The third-order valence-electron chi connectivity index (χ3n) is 3.28. The van der Waals surface area contributed by atoms with E-state index in [0.29, 0.717) is 12.3 Å². The van der Waals surface area contributed by atoms with Gasteiger partial charge in [-0.05, 0) is 23.6 Å². The summed E-state index contributed by atoms with van der Waals surface area (Å²) >= 11 is 1.58. The molecule has 0 amide bonds. The molecule has 0 fully saturated rings. The highest BCUT2D eigenvalue weighted by molar-refractivity contribution is 7.90. The van der Waals surface area contributed by atoms with Crippen molar-refractivity contribution in [3.05, 3.63) is 52.9 Å². The van der Waals surface area contributed by atoms with Gasteiger partial charge in [-0.1, -0.05) is 18.2 Å². The fourth-order valence-corrected chi connectivity index (χ4v) is 3.28. The quantitative estimate of drug-likeness (QED) is 0.751. The number of nitrogens with two attached hydrogens (primary N) is 1. The molecular formula is C16H15N3O3S2. The van der Waals surface area contributed by atoms with E-state index in [4.69, 9.17) is 10.5 Å². The minimum absolute atomic E-state index is 0.211. The molecule has 0 saturated carbocycles. The normalized spacial score (nSPS) is 11.4. The van der Waals surface area contributed by atoms with Crippen LogP contribution in [-0.4, -0.2) is 24.6 Å². The zero-order valence-corrected chi connectivity index (χ0v) is 14.5. The number of hydrogen-bond donors (Lipinski definition) is 1. The summed E-state index contributed by atoms with van der Waals surface area (Å²) in [5.74, 6) is 0.469. The molecule has 0 aliphatic heterocycles. The van der Waals surface area contributed by atoms with E-state index in [9.17, 15) is 8.42 Å². The summed E-state index contributed by atoms with van der Waals surface area (Å²) in [7, 11) is -3.23. The number of aromatic nitrogens is 2. The molecule has 24 heavy (non-hydrogen) atoms. The summed E-state index contributed by atoms with van der Waals surface area (Å²) < 4.78 is 28.7. The van der Waals surface area contributed by atoms with Crippen LogP contribution in [0.25, 0.3) is 11.3 Å². The van der Waals surface area contributed by atoms with Gasteiger partial charge in [0.15, 0.2) is 15.7 Å². The van der Waals surface area contributed by atoms with E-state index in [0.717, 1.165) is 10.4 Å². The van der Waals surface area contributed by atoms with Crippen LogP contribution in [0, 0.1) is 0 Å². The smallest absolute Gasteiger partial charge is 0.258 e. The third-order valence-corrected chi connectivity index (χ3v) is 5.25. The second-order valence-corrected chi connectivity index (χ2v) is 8.16. The number of hydrogen-bond acceptors (Lipinski definition) is 7. The monoisotopic (exact) mass is 361 g/mol. The van der Waals surface area contributed by atoms with Crippen molar-refractivity contribution in [1.82, 2.24) is 9.97 Å². The maximum Gasteiger partial charge on any atom is 0.258 e. The number of anilines is 1. The van der Waals surface area contributed by atoms with Crippen LogP contribution < -0.4 is 10.5 Å². The van der Waals surface area contributed by atoms with Crippen molar-refractivity contribution in [1.29, 1.82) is 0 Å². The molecule has 0 spiro atoms. The second kappa shape index (κ2) is 6.58. The first-order chi connectivity index (χ1) is 11.4. The molecule has 0 radical (unpaired) electrons. The van der Waals surface area contributed by atoms with Crippen LogP contribution in [0.5, 0.6) is 5.88 Å². The van der Waals surface area contributed by atoms with E-state index in [-0.39, 0.29) is 16.6 Å². The van der Waals surface area contributed by atoms with Crippen LogP contribution in [0.1, 0.15) is 4.88 Å². The van der Waals surface area contributed by atoms with Crippen LogP contribution in [0.15, 0.2) is 52.9 Å². The fourth-order valence-electron chi connectivity index (χ4n) is 2.03. The van der Waals surface area contributed by atoms with Crippen molar-refractivity contribution >= 4 is 27.0 Å². The lowest BCUT2D eigenvalue weighted by Gasteiger charge is -2.08. The Kier molecular flexibility index (Phi) is 4.50. The molecule has 6 nitrogen and oxygen atoms in total. The van der Waals surface area contributed by atoms with E-state index in [1.54, 1.807) is 23.5 Å². The van der Waals surface area contributed by atoms with E-state index < -0.39 is 9.84 Å². The van der Waals surface area contributed by atoms with Gasteiger partial charge in [-0.25, -0.2) is 18.4 Å². The largest absolute Gasteiger partial charge is 0.469 e. The molecule has 124 valence electrons. The zero-order valence-electron chi connectivity index (χ0n) is 12.8. The van der Waals surface area contributed by atoms with E-state index in [2.05, 4.69) is 9.97 Å². The Labute approximate surface area is 143 Å². The summed E-state index contributed by atoms with van der Waals surface area (Å²) in [5.41, 5.74) is 7.11. The van der Waals surface area contributed by atoms with Crippen LogP contribution in [0.4, 0.5) is 5.82 Å². The van der Waals surface area contributed by atoms with Crippen LogP contribution in [0.2, 0.25) is 0 Å². The van der Waals surface area contributed by atoms with Gasteiger partial charge in [-0.15, -0.1) is 11.3 Å². The predicted octanol–water partition coefficient (Wildman–Crippen LogP) is 2.77. The molecule has 0 bridgehead atoms. The Hall–Kier alpha value is -2.45. The lowest BCUT2D eigenvalue weighted by molar-refractivity contribution is 0.298. The predicted molar refractivity (Wildman–Crippen MR) is 93.6 cm³/mol. The number of thiophene rings is 1. The molecule has 3 rings (SSSR count). The number of sulfone groups is 1.